The van der Waals surface area contributed by atoms with Crippen molar-refractivity contribution in [2.75, 3.05) is 0 Å². The fourth-order valence-corrected chi connectivity index (χ4v) is 3.87. The zero-order valence-corrected chi connectivity index (χ0v) is 18.1. The number of aromatic nitrogens is 4. The van der Waals surface area contributed by atoms with E-state index in [-0.39, 0.29) is 11.6 Å². The number of benzene rings is 2. The highest BCUT2D eigenvalue weighted by atomic mass is 16.2. The first-order valence-corrected chi connectivity index (χ1v) is 10.9. The molecule has 0 radical (unpaired) electrons. The molecule has 1 amide bonds. The SMILES string of the molecule is CC(C)c1ccccc1-c1ncc2[nH]c(=O)n(Cc3ccc(C(=O)NC4CC4)cc3)c2n1. The van der Waals surface area contributed by atoms with Gasteiger partial charge in [0, 0.05) is 17.2 Å². The van der Waals surface area contributed by atoms with Gasteiger partial charge in [0.2, 0.25) is 0 Å². The number of hydrogen-bond donors (Lipinski definition) is 2. The molecule has 0 saturated heterocycles. The van der Waals surface area contributed by atoms with Crippen molar-refractivity contribution >= 4 is 17.1 Å². The van der Waals surface area contributed by atoms with Crippen molar-refractivity contribution in [1.29, 1.82) is 0 Å². The molecule has 4 aromatic rings. The Morgan fingerprint density at radius 3 is 2.62 bits per heavy atom. The number of nitrogens with zero attached hydrogens (tertiary/aromatic N) is 3. The molecular weight excluding hydrogens is 402 g/mol. The van der Waals surface area contributed by atoms with E-state index in [0.29, 0.717) is 41.1 Å². The first kappa shape index (κ1) is 20.2. The van der Waals surface area contributed by atoms with E-state index >= 15 is 0 Å². The van der Waals surface area contributed by atoms with Crippen LogP contribution in [0, 0.1) is 0 Å². The zero-order valence-electron chi connectivity index (χ0n) is 18.1. The molecular formula is C25H25N5O2. The van der Waals surface area contributed by atoms with Crippen molar-refractivity contribution in [3.05, 3.63) is 81.9 Å². The number of imidazole rings is 1. The van der Waals surface area contributed by atoms with Gasteiger partial charge in [-0.1, -0.05) is 50.2 Å². The van der Waals surface area contributed by atoms with Gasteiger partial charge in [-0.2, -0.15) is 0 Å². The third-order valence-electron chi connectivity index (χ3n) is 5.80. The summed E-state index contributed by atoms with van der Waals surface area (Å²) in [6, 6.07) is 15.8. The quantitative estimate of drug-likeness (QED) is 0.489. The average molecular weight is 428 g/mol. The Morgan fingerprint density at radius 1 is 1.16 bits per heavy atom. The minimum atomic E-state index is -0.237. The zero-order chi connectivity index (χ0) is 22.2. The molecule has 0 unspecified atom stereocenters. The van der Waals surface area contributed by atoms with Crippen molar-refractivity contribution in [3.8, 4) is 11.4 Å². The fraction of sp³-hybridized carbons (Fsp3) is 0.280. The molecule has 32 heavy (non-hydrogen) atoms. The van der Waals surface area contributed by atoms with Crippen molar-refractivity contribution in [2.45, 2.75) is 45.2 Å². The second kappa shape index (κ2) is 8.07. The number of H-pyrrole nitrogens is 1. The van der Waals surface area contributed by atoms with Gasteiger partial charge in [-0.15, -0.1) is 0 Å². The van der Waals surface area contributed by atoms with Crippen molar-refractivity contribution in [3.63, 3.8) is 0 Å². The van der Waals surface area contributed by atoms with Crippen molar-refractivity contribution < 1.29 is 4.79 Å². The molecule has 2 aromatic heterocycles. The summed E-state index contributed by atoms with van der Waals surface area (Å²) in [5, 5.41) is 2.99. The second-order valence-corrected chi connectivity index (χ2v) is 8.63. The highest BCUT2D eigenvalue weighted by Gasteiger charge is 2.23. The molecule has 0 bridgehead atoms. The van der Waals surface area contributed by atoms with Crippen LogP contribution < -0.4 is 11.0 Å². The number of fused-ring (bicyclic) bond motifs is 1. The lowest BCUT2D eigenvalue weighted by Gasteiger charge is -2.11. The Kier molecular flexibility index (Phi) is 5.09. The number of amides is 1. The summed E-state index contributed by atoms with van der Waals surface area (Å²) in [6.45, 7) is 4.63. The highest BCUT2D eigenvalue weighted by Crippen LogP contribution is 2.27. The van der Waals surface area contributed by atoms with E-state index in [0.717, 1.165) is 29.5 Å². The smallest absolute Gasteiger partial charge is 0.328 e. The van der Waals surface area contributed by atoms with E-state index in [2.05, 4.69) is 35.2 Å². The predicted octanol–water partition coefficient (Wildman–Crippen LogP) is 3.85. The molecule has 1 fully saturated rings. The summed E-state index contributed by atoms with van der Waals surface area (Å²) < 4.78 is 1.61. The number of hydrogen-bond acceptors (Lipinski definition) is 4. The van der Waals surface area contributed by atoms with Gasteiger partial charge in [-0.05, 0) is 42.0 Å². The molecule has 2 N–H and O–H groups in total. The Balaban J connectivity index is 1.47. The third kappa shape index (κ3) is 3.93. The van der Waals surface area contributed by atoms with Crippen LogP contribution in [0.4, 0.5) is 0 Å². The number of carbonyl (C=O) groups excluding carboxylic acids is 1. The largest absolute Gasteiger partial charge is 0.349 e. The Hall–Kier alpha value is -3.74. The van der Waals surface area contributed by atoms with E-state index in [4.69, 9.17) is 4.98 Å². The van der Waals surface area contributed by atoms with E-state index < -0.39 is 0 Å². The lowest BCUT2D eigenvalue weighted by Crippen LogP contribution is -2.25. The molecule has 0 aliphatic heterocycles. The summed E-state index contributed by atoms with van der Waals surface area (Å²) in [4.78, 5) is 36.9. The maximum atomic E-state index is 12.6. The van der Waals surface area contributed by atoms with Crippen LogP contribution in [0.15, 0.2) is 59.5 Å². The van der Waals surface area contributed by atoms with Crippen LogP contribution in [-0.2, 0) is 6.54 Å². The van der Waals surface area contributed by atoms with Crippen LogP contribution >= 0.6 is 0 Å². The maximum absolute atomic E-state index is 12.6. The monoisotopic (exact) mass is 427 g/mol. The molecule has 0 atom stereocenters. The average Bonchev–Trinajstić information content (AvgIpc) is 3.56. The van der Waals surface area contributed by atoms with E-state index in [9.17, 15) is 9.59 Å². The summed E-state index contributed by atoms with van der Waals surface area (Å²) >= 11 is 0. The molecule has 5 rings (SSSR count). The van der Waals surface area contributed by atoms with Crippen LogP contribution in [0.3, 0.4) is 0 Å². The van der Waals surface area contributed by atoms with E-state index in [1.165, 1.54) is 0 Å². The van der Waals surface area contributed by atoms with E-state index in [1.54, 1.807) is 22.9 Å². The number of aromatic amines is 1. The summed E-state index contributed by atoms with van der Waals surface area (Å²) in [7, 11) is 0. The normalized spacial score (nSPS) is 13.6. The van der Waals surface area contributed by atoms with Gasteiger partial charge < -0.3 is 10.3 Å². The second-order valence-electron chi connectivity index (χ2n) is 8.63. The van der Waals surface area contributed by atoms with Crippen LogP contribution in [-0.4, -0.2) is 31.5 Å². The van der Waals surface area contributed by atoms with Gasteiger partial charge in [0.15, 0.2) is 11.5 Å². The Bertz CT molecular complexity index is 1350. The Labute approximate surface area is 185 Å². The lowest BCUT2D eigenvalue weighted by molar-refractivity contribution is 0.0951. The van der Waals surface area contributed by atoms with Crippen molar-refractivity contribution in [2.24, 2.45) is 0 Å². The topological polar surface area (TPSA) is 92.7 Å². The van der Waals surface area contributed by atoms with Crippen LogP contribution in [0.25, 0.3) is 22.6 Å². The minimum absolute atomic E-state index is 0.0514. The predicted molar refractivity (Wildman–Crippen MR) is 124 cm³/mol. The number of nitrogens with one attached hydrogen (secondary N) is 2. The molecule has 7 heteroatoms. The molecule has 2 aromatic carbocycles. The molecule has 162 valence electrons. The first-order chi connectivity index (χ1) is 15.5. The van der Waals surface area contributed by atoms with Crippen LogP contribution in [0.5, 0.6) is 0 Å². The first-order valence-electron chi connectivity index (χ1n) is 10.9. The summed E-state index contributed by atoms with van der Waals surface area (Å²) in [5.74, 6) is 0.876. The number of carbonyl (C=O) groups is 1. The molecule has 1 aliphatic rings. The standard InChI is InChI=1S/C25H25N5O2/c1-15(2)19-5-3-4-6-20(19)22-26-13-21-23(29-22)30(25(32)28-21)14-16-7-9-17(10-8-16)24(31)27-18-11-12-18/h3-10,13,15,18H,11-12,14H2,1-2H3,(H,27,31)(H,28,32). The van der Waals surface area contributed by atoms with Gasteiger partial charge in [-0.3, -0.25) is 9.36 Å². The fourth-order valence-electron chi connectivity index (χ4n) is 3.87. The highest BCUT2D eigenvalue weighted by molar-refractivity contribution is 5.94. The lowest BCUT2D eigenvalue weighted by atomic mass is 9.97. The molecule has 2 heterocycles. The summed E-state index contributed by atoms with van der Waals surface area (Å²) in [5.41, 5.74) is 4.60. The van der Waals surface area contributed by atoms with Gasteiger partial charge in [0.25, 0.3) is 5.91 Å². The molecule has 7 nitrogen and oxygen atoms in total. The molecule has 1 saturated carbocycles. The summed E-state index contributed by atoms with van der Waals surface area (Å²) in [6.07, 6.45) is 3.77. The third-order valence-corrected chi connectivity index (χ3v) is 5.80. The van der Waals surface area contributed by atoms with Gasteiger partial charge in [0.1, 0.15) is 5.52 Å². The van der Waals surface area contributed by atoms with Gasteiger partial charge >= 0.3 is 5.69 Å². The molecule has 1 aliphatic carbocycles. The minimum Gasteiger partial charge on any atom is -0.349 e. The van der Waals surface area contributed by atoms with Crippen LogP contribution in [0.1, 0.15) is 54.1 Å². The van der Waals surface area contributed by atoms with Gasteiger partial charge in [0.05, 0.1) is 12.7 Å². The van der Waals surface area contributed by atoms with Gasteiger partial charge in [-0.25, -0.2) is 14.8 Å². The van der Waals surface area contributed by atoms with E-state index in [1.807, 2.05) is 30.3 Å². The van der Waals surface area contributed by atoms with Crippen LogP contribution in [0.2, 0.25) is 0 Å². The molecule has 0 spiro atoms. The number of rotatable bonds is 6. The Morgan fingerprint density at radius 2 is 1.91 bits per heavy atom. The van der Waals surface area contributed by atoms with Crippen molar-refractivity contribution in [1.82, 2.24) is 24.8 Å². The maximum Gasteiger partial charge on any atom is 0.328 e.